The number of nitrogens with one attached hydrogen (secondary N) is 4. The van der Waals surface area contributed by atoms with Crippen molar-refractivity contribution in [2.24, 2.45) is 0 Å². The average molecular weight is 776 g/mol. The van der Waals surface area contributed by atoms with Gasteiger partial charge in [0.2, 0.25) is 20.0 Å². The molecule has 12 nitrogen and oxygen atoms in total. The molecule has 0 spiro atoms. The van der Waals surface area contributed by atoms with Crippen molar-refractivity contribution in [1.29, 1.82) is 0 Å². The Morgan fingerprint density at radius 2 is 0.920 bits per heavy atom. The lowest BCUT2D eigenvalue weighted by Crippen LogP contribution is -2.47. The summed E-state index contributed by atoms with van der Waals surface area (Å²) in [7, 11) is -6.82. The van der Waals surface area contributed by atoms with Gasteiger partial charge in [-0.1, -0.05) is 23.2 Å². The van der Waals surface area contributed by atoms with Crippen molar-refractivity contribution >= 4 is 55.1 Å². The van der Waals surface area contributed by atoms with Gasteiger partial charge in [-0.05, 0) is 128 Å². The number of carbonyl (C=O) groups is 2. The van der Waals surface area contributed by atoms with Gasteiger partial charge in [0.05, 0.1) is 11.5 Å². The van der Waals surface area contributed by atoms with E-state index in [1.165, 1.54) is 0 Å². The summed E-state index contributed by atoms with van der Waals surface area (Å²) in [5, 5.41) is 6.34. The molecule has 2 heterocycles. The Hall–Kier alpha value is -2.30. The Bertz CT molecular complexity index is 1460. The first-order valence-electron chi connectivity index (χ1n) is 17.1. The average Bonchev–Trinajstić information content (AvgIpc) is 3.05. The Balaban J connectivity index is 0.000000270. The molecule has 0 atom stereocenters. The maximum Gasteiger partial charge on any atom is 0.251 e. The number of hydrogen-bond donors (Lipinski definition) is 4. The van der Waals surface area contributed by atoms with Crippen LogP contribution in [0, 0.1) is 0 Å². The molecular formula is C34H52Cl2N6O6S2. The van der Waals surface area contributed by atoms with E-state index in [2.05, 4.69) is 57.6 Å². The summed E-state index contributed by atoms with van der Waals surface area (Å²) >= 11 is 11.6. The third-order valence-corrected chi connectivity index (χ3v) is 12.1. The normalized spacial score (nSPS) is 17.0. The van der Waals surface area contributed by atoms with E-state index in [-0.39, 0.29) is 48.5 Å². The molecule has 0 bridgehead atoms. The number of halogens is 2. The second kappa shape index (κ2) is 20.1. The third kappa shape index (κ3) is 15.1. The summed E-state index contributed by atoms with van der Waals surface area (Å²) in [6.07, 6.45) is 3.26. The predicted octanol–water partition coefficient (Wildman–Crippen LogP) is 3.72. The molecule has 2 fully saturated rings. The Morgan fingerprint density at radius 1 is 0.620 bits per heavy atom. The molecule has 0 aromatic heterocycles. The second-order valence-corrected chi connectivity index (χ2v) is 17.8. The molecule has 0 unspecified atom stereocenters. The van der Waals surface area contributed by atoms with Gasteiger partial charge in [-0.25, -0.2) is 26.3 Å². The first-order chi connectivity index (χ1) is 23.5. The molecule has 280 valence electrons. The largest absolute Gasteiger partial charge is 0.351 e. The number of hydrogen-bond acceptors (Lipinski definition) is 8. The van der Waals surface area contributed by atoms with Crippen LogP contribution in [0.2, 0.25) is 10.0 Å². The van der Waals surface area contributed by atoms with Crippen LogP contribution in [0.5, 0.6) is 0 Å². The van der Waals surface area contributed by atoms with E-state index in [9.17, 15) is 26.4 Å². The molecule has 0 saturated carbocycles. The molecule has 2 amide bonds. The van der Waals surface area contributed by atoms with Crippen molar-refractivity contribution in [3.8, 4) is 0 Å². The van der Waals surface area contributed by atoms with Crippen molar-refractivity contribution in [1.82, 2.24) is 29.9 Å². The van der Waals surface area contributed by atoms with Crippen molar-refractivity contribution in [3.05, 3.63) is 69.7 Å². The van der Waals surface area contributed by atoms with Gasteiger partial charge >= 0.3 is 0 Å². The molecule has 2 aliphatic rings. The lowest BCUT2D eigenvalue weighted by Gasteiger charge is -2.34. The zero-order chi connectivity index (χ0) is 36.9. The van der Waals surface area contributed by atoms with Crippen molar-refractivity contribution < 1.29 is 26.4 Å². The van der Waals surface area contributed by atoms with E-state index >= 15 is 0 Å². The Morgan fingerprint density at radius 3 is 1.20 bits per heavy atom. The van der Waals surface area contributed by atoms with E-state index in [0.717, 1.165) is 51.9 Å². The van der Waals surface area contributed by atoms with Crippen molar-refractivity contribution in [2.75, 3.05) is 50.8 Å². The summed E-state index contributed by atoms with van der Waals surface area (Å²) in [6.45, 7) is 12.3. The van der Waals surface area contributed by atoms with Crippen LogP contribution in [0.3, 0.4) is 0 Å². The molecule has 2 aromatic carbocycles. The third-order valence-electron chi connectivity index (χ3n) is 8.74. The molecule has 4 rings (SSSR count). The van der Waals surface area contributed by atoms with Gasteiger partial charge in [-0.2, -0.15) is 0 Å². The minimum Gasteiger partial charge on any atom is -0.351 e. The highest BCUT2D eigenvalue weighted by molar-refractivity contribution is 7.89. The van der Waals surface area contributed by atoms with Crippen LogP contribution >= 0.6 is 23.2 Å². The summed E-state index contributed by atoms with van der Waals surface area (Å²) in [4.78, 5) is 28.6. The molecular weight excluding hydrogens is 723 g/mol. The molecule has 2 saturated heterocycles. The minimum absolute atomic E-state index is 0.0213. The van der Waals surface area contributed by atoms with Gasteiger partial charge < -0.3 is 20.4 Å². The number of likely N-dealkylation sites (tertiary alicyclic amines) is 2. The monoisotopic (exact) mass is 774 g/mol. The molecule has 4 N–H and O–H groups in total. The lowest BCUT2D eigenvalue weighted by atomic mass is 10.1. The highest BCUT2D eigenvalue weighted by Gasteiger charge is 2.26. The minimum atomic E-state index is -3.41. The van der Waals surface area contributed by atoms with E-state index in [1.807, 2.05) is 0 Å². The highest BCUT2D eigenvalue weighted by atomic mass is 35.5. The first-order valence-corrected chi connectivity index (χ1v) is 21.1. The fourth-order valence-corrected chi connectivity index (χ4v) is 8.41. The van der Waals surface area contributed by atoms with Crippen LogP contribution in [-0.2, 0) is 20.0 Å². The van der Waals surface area contributed by atoms with Gasteiger partial charge in [0.1, 0.15) is 0 Å². The lowest BCUT2D eigenvalue weighted by molar-refractivity contribution is 0.0947. The summed E-state index contributed by atoms with van der Waals surface area (Å²) < 4.78 is 54.2. The molecule has 50 heavy (non-hydrogen) atoms. The molecule has 2 aromatic rings. The summed E-state index contributed by atoms with van der Waals surface area (Å²) in [5.74, 6) is -0.873. The maximum absolute atomic E-state index is 12.2. The topological polar surface area (TPSA) is 157 Å². The van der Waals surface area contributed by atoms with Crippen LogP contribution < -0.4 is 20.1 Å². The zero-order valence-corrected chi connectivity index (χ0v) is 32.5. The molecule has 2 aliphatic heterocycles. The predicted molar refractivity (Wildman–Crippen MR) is 201 cm³/mol. The molecule has 16 heteroatoms. The van der Waals surface area contributed by atoms with Crippen molar-refractivity contribution in [3.63, 3.8) is 0 Å². The number of benzene rings is 2. The van der Waals surface area contributed by atoms with Crippen LogP contribution in [-0.4, -0.2) is 113 Å². The fourth-order valence-electron chi connectivity index (χ4n) is 5.70. The Labute approximate surface area is 308 Å². The van der Waals surface area contributed by atoms with Crippen LogP contribution in [0.1, 0.15) is 74.1 Å². The quantitative estimate of drug-likeness (QED) is 0.226. The van der Waals surface area contributed by atoms with Gasteiger partial charge in [0, 0.05) is 58.4 Å². The summed E-state index contributed by atoms with van der Waals surface area (Å²) in [6, 6.07) is 13.8. The van der Waals surface area contributed by atoms with E-state index in [4.69, 9.17) is 23.2 Å². The number of carbonyl (C=O) groups excluding carboxylic acids is 2. The Kier molecular flexibility index (Phi) is 16.9. The van der Waals surface area contributed by atoms with Crippen molar-refractivity contribution in [2.45, 2.75) is 77.5 Å². The van der Waals surface area contributed by atoms with Gasteiger partial charge in [-0.3, -0.25) is 9.59 Å². The second-order valence-electron chi connectivity index (χ2n) is 13.2. The maximum atomic E-state index is 12.2. The van der Waals surface area contributed by atoms with Crippen LogP contribution in [0.15, 0.2) is 48.5 Å². The number of piperidine rings is 2. The highest BCUT2D eigenvalue weighted by Crippen LogP contribution is 2.15. The number of nitrogens with zero attached hydrogens (tertiary/aromatic N) is 2. The fraction of sp³-hybridized carbons (Fsp3) is 0.588. The molecule has 0 aliphatic carbocycles. The molecule has 0 radical (unpaired) electrons. The van der Waals surface area contributed by atoms with E-state index < -0.39 is 20.0 Å². The van der Waals surface area contributed by atoms with E-state index in [1.54, 1.807) is 48.5 Å². The van der Waals surface area contributed by atoms with Crippen LogP contribution in [0.25, 0.3) is 0 Å². The number of rotatable bonds is 14. The SMILES string of the molecule is CC(C)N1CCC(NS(=O)(=O)CCNC(=O)c2ccc(Cl)cc2)CC1.CC(C)N1CCC(NS(=O)(=O)CCNC(=O)c2ccc(Cl)cc2)CC1. The van der Waals surface area contributed by atoms with Gasteiger partial charge in [0.25, 0.3) is 11.8 Å². The van der Waals surface area contributed by atoms with Gasteiger partial charge in [0.15, 0.2) is 0 Å². The number of amides is 2. The first kappa shape index (κ1) is 42.1. The number of sulfonamides is 2. The van der Waals surface area contributed by atoms with Crippen LogP contribution in [0.4, 0.5) is 0 Å². The van der Waals surface area contributed by atoms with Gasteiger partial charge in [-0.15, -0.1) is 0 Å². The zero-order valence-electron chi connectivity index (χ0n) is 29.3. The van der Waals surface area contributed by atoms with E-state index in [0.29, 0.717) is 33.3 Å². The summed E-state index contributed by atoms with van der Waals surface area (Å²) in [5.41, 5.74) is 0.909. The smallest absolute Gasteiger partial charge is 0.251 e. The standard InChI is InChI=1S/2C17H26ClN3O3S/c2*1-13(2)21-10-7-16(8-11-21)20-25(23,24)12-9-19-17(22)14-3-5-15(18)6-4-14/h2*3-6,13,16,20H,7-12H2,1-2H3,(H,19,22).